The summed E-state index contributed by atoms with van der Waals surface area (Å²) in [5.74, 6) is -1.60. The van der Waals surface area contributed by atoms with E-state index in [4.69, 9.17) is 5.11 Å². The quantitative estimate of drug-likeness (QED) is 0.912. The first-order chi connectivity index (χ1) is 11.0. The highest BCUT2D eigenvalue weighted by atomic mass is 32.2. The molecule has 1 N–H and O–H groups in total. The monoisotopic (exact) mass is 352 g/mol. The number of benzene rings is 1. The molecule has 1 unspecified atom stereocenters. The largest absolute Gasteiger partial charge is 0.481 e. The number of nitrogens with zero attached hydrogens (tertiary/aromatic N) is 2. The minimum absolute atomic E-state index is 0.00704. The van der Waals surface area contributed by atoms with Gasteiger partial charge in [-0.2, -0.15) is 4.31 Å². The third-order valence-corrected chi connectivity index (χ3v) is 6.63. The zero-order valence-corrected chi connectivity index (χ0v) is 13.9. The molecular weight excluding hydrogens is 336 g/mol. The van der Waals surface area contributed by atoms with E-state index >= 15 is 0 Å². The first-order valence-corrected chi connectivity index (χ1v) is 9.54. The summed E-state index contributed by atoms with van der Waals surface area (Å²) in [5, 5.41) is 11.3. The van der Waals surface area contributed by atoms with E-state index in [2.05, 4.69) is 4.98 Å². The topological polar surface area (TPSA) is 87.6 Å². The Bertz CT molecular complexity index is 802. The SMILES string of the molecule is O=C(O)C1CCCN(S(=O)(=O)c2csc(-c3ccccc3)n2)C1. The molecule has 0 aliphatic carbocycles. The predicted octanol–water partition coefficient (Wildman–Crippen LogP) is 2.30. The number of carboxylic acid groups (broad SMARTS) is 1. The van der Waals surface area contributed by atoms with Crippen LogP contribution in [0.2, 0.25) is 0 Å². The first kappa shape index (κ1) is 16.1. The molecule has 1 aliphatic heterocycles. The molecule has 1 fully saturated rings. The van der Waals surface area contributed by atoms with Crippen molar-refractivity contribution in [3.63, 3.8) is 0 Å². The molecule has 1 atom stereocenters. The summed E-state index contributed by atoms with van der Waals surface area (Å²) in [5.41, 5.74) is 0.862. The smallest absolute Gasteiger partial charge is 0.307 e. The van der Waals surface area contributed by atoms with Crippen molar-refractivity contribution in [3.05, 3.63) is 35.7 Å². The highest BCUT2D eigenvalue weighted by Gasteiger charge is 2.34. The van der Waals surface area contributed by atoms with Gasteiger partial charge in [-0.1, -0.05) is 30.3 Å². The molecule has 8 heteroatoms. The lowest BCUT2D eigenvalue weighted by atomic mass is 10.0. The van der Waals surface area contributed by atoms with Crippen molar-refractivity contribution in [2.24, 2.45) is 5.92 Å². The molecule has 6 nitrogen and oxygen atoms in total. The average molecular weight is 352 g/mol. The van der Waals surface area contributed by atoms with Gasteiger partial charge in [0, 0.05) is 24.0 Å². The lowest BCUT2D eigenvalue weighted by molar-refractivity contribution is -0.142. The number of thiazole rings is 1. The Morgan fingerprint density at radius 1 is 1.30 bits per heavy atom. The zero-order valence-electron chi connectivity index (χ0n) is 12.3. The Hall–Kier alpha value is -1.77. The Balaban J connectivity index is 1.86. The molecule has 1 aromatic carbocycles. The number of piperidine rings is 1. The molecule has 1 aliphatic rings. The van der Waals surface area contributed by atoms with E-state index in [1.165, 1.54) is 21.0 Å². The van der Waals surface area contributed by atoms with Crippen LogP contribution in [0, 0.1) is 5.92 Å². The standard InChI is InChI=1S/C15H16N2O4S2/c18-15(19)12-7-4-8-17(9-12)23(20,21)13-10-22-14(16-13)11-5-2-1-3-6-11/h1-3,5-6,10,12H,4,7-9H2,(H,18,19). The number of carbonyl (C=O) groups is 1. The number of aliphatic carboxylic acids is 1. The van der Waals surface area contributed by atoms with E-state index in [0.29, 0.717) is 24.4 Å². The van der Waals surface area contributed by atoms with Gasteiger partial charge in [0.15, 0.2) is 5.03 Å². The van der Waals surface area contributed by atoms with E-state index in [1.807, 2.05) is 30.3 Å². The number of aromatic nitrogens is 1. The molecule has 122 valence electrons. The maximum absolute atomic E-state index is 12.7. The van der Waals surface area contributed by atoms with Crippen molar-refractivity contribution in [2.45, 2.75) is 17.9 Å². The molecule has 2 heterocycles. The van der Waals surface area contributed by atoms with Gasteiger partial charge in [0.05, 0.1) is 5.92 Å². The minimum Gasteiger partial charge on any atom is -0.481 e. The maximum Gasteiger partial charge on any atom is 0.307 e. The van der Waals surface area contributed by atoms with Gasteiger partial charge >= 0.3 is 5.97 Å². The van der Waals surface area contributed by atoms with E-state index in [0.717, 1.165) is 5.56 Å². The number of rotatable bonds is 4. The molecule has 0 radical (unpaired) electrons. The highest BCUT2D eigenvalue weighted by molar-refractivity contribution is 7.89. The van der Waals surface area contributed by atoms with Gasteiger partial charge in [0.1, 0.15) is 5.01 Å². The third kappa shape index (κ3) is 3.29. The van der Waals surface area contributed by atoms with Gasteiger partial charge in [-0.3, -0.25) is 4.79 Å². The summed E-state index contributed by atoms with van der Waals surface area (Å²) in [4.78, 5) is 15.4. The lowest BCUT2D eigenvalue weighted by Gasteiger charge is -2.29. The summed E-state index contributed by atoms with van der Waals surface area (Å²) >= 11 is 1.27. The molecule has 2 aromatic rings. The van der Waals surface area contributed by atoms with Crippen LogP contribution in [0.15, 0.2) is 40.7 Å². The van der Waals surface area contributed by atoms with Crippen LogP contribution in [-0.4, -0.2) is 41.9 Å². The van der Waals surface area contributed by atoms with Crippen molar-refractivity contribution >= 4 is 27.3 Å². The van der Waals surface area contributed by atoms with Crippen molar-refractivity contribution in [1.29, 1.82) is 0 Å². The van der Waals surface area contributed by atoms with Crippen molar-refractivity contribution in [1.82, 2.24) is 9.29 Å². The van der Waals surface area contributed by atoms with Gasteiger partial charge < -0.3 is 5.11 Å². The second kappa shape index (κ2) is 6.38. The normalized spacial score (nSPS) is 19.6. The minimum atomic E-state index is -3.75. The number of hydrogen-bond acceptors (Lipinski definition) is 5. The molecule has 0 saturated carbocycles. The second-order valence-electron chi connectivity index (χ2n) is 5.40. The number of sulfonamides is 1. The van der Waals surface area contributed by atoms with Crippen molar-refractivity contribution < 1.29 is 18.3 Å². The zero-order chi connectivity index (χ0) is 16.4. The van der Waals surface area contributed by atoms with Crippen LogP contribution in [0.1, 0.15) is 12.8 Å². The van der Waals surface area contributed by atoms with Gasteiger partial charge in [-0.05, 0) is 12.8 Å². The van der Waals surface area contributed by atoms with E-state index in [9.17, 15) is 13.2 Å². The fourth-order valence-electron chi connectivity index (χ4n) is 2.59. The van der Waals surface area contributed by atoms with E-state index in [-0.39, 0.29) is 11.6 Å². The average Bonchev–Trinajstić information content (AvgIpc) is 3.06. The summed E-state index contributed by atoms with van der Waals surface area (Å²) in [7, 11) is -3.75. The van der Waals surface area contributed by atoms with Gasteiger partial charge in [0.2, 0.25) is 0 Å². The Kier molecular flexibility index (Phi) is 4.47. The van der Waals surface area contributed by atoms with Gasteiger partial charge in [0.25, 0.3) is 10.0 Å². The van der Waals surface area contributed by atoms with Gasteiger partial charge in [-0.15, -0.1) is 11.3 Å². The third-order valence-electron chi connectivity index (χ3n) is 3.84. The lowest BCUT2D eigenvalue weighted by Crippen LogP contribution is -2.42. The highest BCUT2D eigenvalue weighted by Crippen LogP contribution is 2.29. The molecule has 0 spiro atoms. The molecule has 0 amide bonds. The Labute approximate surface area is 138 Å². The number of carboxylic acids is 1. The van der Waals surface area contributed by atoms with Crippen LogP contribution < -0.4 is 0 Å². The van der Waals surface area contributed by atoms with E-state index in [1.54, 1.807) is 0 Å². The molecule has 23 heavy (non-hydrogen) atoms. The summed E-state index contributed by atoms with van der Waals surface area (Å²) in [6.07, 6.45) is 1.06. The second-order valence-corrected chi connectivity index (χ2v) is 8.14. The van der Waals surface area contributed by atoms with Crippen LogP contribution in [0.3, 0.4) is 0 Å². The van der Waals surface area contributed by atoms with Gasteiger partial charge in [-0.25, -0.2) is 13.4 Å². The molecule has 1 saturated heterocycles. The fourth-order valence-corrected chi connectivity index (χ4v) is 5.18. The summed E-state index contributed by atoms with van der Waals surface area (Å²) in [6.45, 7) is 0.347. The van der Waals surface area contributed by atoms with Crippen molar-refractivity contribution in [2.75, 3.05) is 13.1 Å². The van der Waals surface area contributed by atoms with Crippen LogP contribution in [0.5, 0.6) is 0 Å². The maximum atomic E-state index is 12.7. The van der Waals surface area contributed by atoms with Crippen LogP contribution in [0.4, 0.5) is 0 Å². The molecule has 1 aromatic heterocycles. The Morgan fingerprint density at radius 2 is 2.04 bits per heavy atom. The van der Waals surface area contributed by atoms with Crippen molar-refractivity contribution in [3.8, 4) is 10.6 Å². The fraction of sp³-hybridized carbons (Fsp3) is 0.333. The summed E-state index contributed by atoms with van der Waals surface area (Å²) in [6, 6.07) is 9.36. The van der Waals surface area contributed by atoms with E-state index < -0.39 is 21.9 Å². The van der Waals surface area contributed by atoms with Crippen LogP contribution in [0.25, 0.3) is 10.6 Å². The summed E-state index contributed by atoms with van der Waals surface area (Å²) < 4.78 is 26.6. The van der Waals surface area contributed by atoms with Crippen LogP contribution in [-0.2, 0) is 14.8 Å². The van der Waals surface area contributed by atoms with Crippen LogP contribution >= 0.6 is 11.3 Å². The predicted molar refractivity (Wildman–Crippen MR) is 86.7 cm³/mol. The first-order valence-electron chi connectivity index (χ1n) is 7.22. The number of hydrogen-bond donors (Lipinski definition) is 1. The molecule has 0 bridgehead atoms. The molecule has 3 rings (SSSR count). The molecular formula is C15H16N2O4S2. The Morgan fingerprint density at radius 3 is 2.74 bits per heavy atom.